The van der Waals surface area contributed by atoms with E-state index in [2.05, 4.69) is 36.0 Å². The number of nitrogens with one attached hydrogen (secondary N) is 3. The molecule has 4 heterocycles. The molecule has 0 unspecified atom stereocenters. The molecule has 0 saturated carbocycles. The van der Waals surface area contributed by atoms with Crippen LogP contribution in [0.1, 0.15) is 11.3 Å². The quantitative estimate of drug-likeness (QED) is 0.319. The Kier molecular flexibility index (Phi) is 5.55. The highest BCUT2D eigenvalue weighted by atomic mass is 19.1. The van der Waals surface area contributed by atoms with Crippen LogP contribution in [0.3, 0.4) is 0 Å². The SMILES string of the molecule is CNC(=O)Cn1cc(Nc2ncc3c(N)c(F)c(-c4cnc5c(c4C)NCCO5)cc3n2)c(C)n1. The first-order valence-electron chi connectivity index (χ1n) is 11.0. The summed E-state index contributed by atoms with van der Waals surface area (Å²) < 4.78 is 22.4. The molecule has 0 saturated heterocycles. The Hall–Kier alpha value is -4.48. The zero-order chi connectivity index (χ0) is 24.7. The van der Waals surface area contributed by atoms with Gasteiger partial charge in [0.2, 0.25) is 17.7 Å². The maximum atomic E-state index is 15.3. The predicted molar refractivity (Wildman–Crippen MR) is 130 cm³/mol. The van der Waals surface area contributed by atoms with Crippen molar-refractivity contribution in [2.75, 3.05) is 36.6 Å². The number of rotatable bonds is 5. The van der Waals surface area contributed by atoms with Crippen LogP contribution in [0.25, 0.3) is 22.0 Å². The predicted octanol–water partition coefficient (Wildman–Crippen LogP) is 2.52. The lowest BCUT2D eigenvalue weighted by molar-refractivity contribution is -0.121. The molecule has 0 atom stereocenters. The molecule has 1 aliphatic rings. The van der Waals surface area contributed by atoms with Crippen molar-refractivity contribution in [2.45, 2.75) is 20.4 Å². The van der Waals surface area contributed by atoms with Crippen molar-refractivity contribution in [3.63, 3.8) is 0 Å². The number of ether oxygens (including phenoxy) is 1. The number of amides is 1. The molecular weight excluding hydrogens is 453 g/mol. The summed E-state index contributed by atoms with van der Waals surface area (Å²) in [6.45, 7) is 4.93. The molecule has 0 radical (unpaired) electrons. The number of nitrogens with zero attached hydrogens (tertiary/aromatic N) is 5. The summed E-state index contributed by atoms with van der Waals surface area (Å²) in [5.74, 6) is 0.0506. The summed E-state index contributed by atoms with van der Waals surface area (Å²) in [7, 11) is 1.57. The number of carbonyl (C=O) groups is 1. The Morgan fingerprint density at radius 2 is 2.11 bits per heavy atom. The molecule has 1 amide bonds. The smallest absolute Gasteiger partial charge is 0.241 e. The molecular formula is C23H24FN9O2. The number of likely N-dealkylation sites (N-methyl/N-ethyl adjacent to an activating group) is 1. The molecule has 180 valence electrons. The summed E-state index contributed by atoms with van der Waals surface area (Å²) in [5, 5.41) is 13.7. The number of benzene rings is 1. The molecule has 5 N–H and O–H groups in total. The lowest BCUT2D eigenvalue weighted by Crippen LogP contribution is -2.23. The number of aryl methyl sites for hydroxylation is 1. The van der Waals surface area contributed by atoms with Gasteiger partial charge in [0.05, 0.1) is 22.6 Å². The van der Waals surface area contributed by atoms with Crippen molar-refractivity contribution in [1.82, 2.24) is 30.0 Å². The Morgan fingerprint density at radius 1 is 1.29 bits per heavy atom. The number of nitrogen functional groups attached to an aromatic ring is 1. The van der Waals surface area contributed by atoms with Gasteiger partial charge in [0.25, 0.3) is 0 Å². The molecule has 0 bridgehead atoms. The van der Waals surface area contributed by atoms with Crippen molar-refractivity contribution < 1.29 is 13.9 Å². The van der Waals surface area contributed by atoms with Crippen molar-refractivity contribution >= 4 is 39.8 Å². The van der Waals surface area contributed by atoms with E-state index < -0.39 is 5.82 Å². The third-order valence-electron chi connectivity index (χ3n) is 5.88. The largest absolute Gasteiger partial charge is 0.474 e. The van der Waals surface area contributed by atoms with E-state index in [0.717, 1.165) is 11.3 Å². The van der Waals surface area contributed by atoms with Gasteiger partial charge in [0, 0.05) is 48.7 Å². The molecule has 0 spiro atoms. The normalized spacial score (nSPS) is 12.6. The van der Waals surface area contributed by atoms with E-state index >= 15 is 4.39 Å². The van der Waals surface area contributed by atoms with Crippen molar-refractivity contribution in [2.24, 2.45) is 0 Å². The van der Waals surface area contributed by atoms with Gasteiger partial charge in [0.1, 0.15) is 18.8 Å². The molecule has 1 aromatic carbocycles. The van der Waals surface area contributed by atoms with E-state index in [9.17, 15) is 4.79 Å². The van der Waals surface area contributed by atoms with Crippen LogP contribution in [-0.2, 0) is 11.3 Å². The van der Waals surface area contributed by atoms with Gasteiger partial charge in [-0.05, 0) is 25.5 Å². The number of fused-ring (bicyclic) bond motifs is 2. The van der Waals surface area contributed by atoms with Gasteiger partial charge in [-0.25, -0.2) is 19.3 Å². The van der Waals surface area contributed by atoms with Gasteiger partial charge in [-0.3, -0.25) is 9.48 Å². The van der Waals surface area contributed by atoms with Gasteiger partial charge in [-0.1, -0.05) is 0 Å². The Labute approximate surface area is 199 Å². The minimum Gasteiger partial charge on any atom is -0.474 e. The first-order chi connectivity index (χ1) is 16.9. The molecule has 0 fully saturated rings. The second-order valence-corrected chi connectivity index (χ2v) is 8.15. The highest BCUT2D eigenvalue weighted by Gasteiger charge is 2.21. The Bertz CT molecular complexity index is 1470. The van der Waals surface area contributed by atoms with E-state index in [1.165, 1.54) is 10.9 Å². The standard InChI is InChI=1S/C23H24FN9O2/c1-11-14(7-28-22-21(11)27-4-5-35-22)13-6-16-15(20(25)19(13)24)8-29-23(30-16)31-17-9-33(32-12(17)2)10-18(34)26-3/h6-9,27H,4-5,10,25H2,1-3H3,(H,26,34)(H,29,30,31). The van der Waals surface area contributed by atoms with Crippen LogP contribution in [0.4, 0.5) is 27.4 Å². The number of hydrogen-bond donors (Lipinski definition) is 4. The third-order valence-corrected chi connectivity index (χ3v) is 5.88. The molecule has 0 aliphatic carbocycles. The minimum absolute atomic E-state index is 0.0417. The molecule has 1 aliphatic heterocycles. The van der Waals surface area contributed by atoms with Crippen molar-refractivity contribution in [3.8, 4) is 17.0 Å². The lowest BCUT2D eigenvalue weighted by Gasteiger charge is -2.22. The van der Waals surface area contributed by atoms with Crippen LogP contribution in [0.15, 0.2) is 24.7 Å². The second kappa shape index (κ2) is 8.70. The summed E-state index contributed by atoms with van der Waals surface area (Å²) in [5.41, 5.74) is 10.3. The maximum absolute atomic E-state index is 15.3. The average Bonchev–Trinajstić information content (AvgIpc) is 3.20. The monoisotopic (exact) mass is 477 g/mol. The fourth-order valence-corrected chi connectivity index (χ4v) is 3.99. The number of carbonyl (C=O) groups excluding carboxylic acids is 1. The van der Waals surface area contributed by atoms with Crippen molar-refractivity contribution in [3.05, 3.63) is 41.7 Å². The number of anilines is 4. The second-order valence-electron chi connectivity index (χ2n) is 8.15. The average molecular weight is 478 g/mol. The number of pyridine rings is 1. The zero-order valence-corrected chi connectivity index (χ0v) is 19.4. The van der Waals surface area contributed by atoms with Crippen LogP contribution in [-0.4, -0.2) is 50.8 Å². The molecule has 3 aromatic heterocycles. The summed E-state index contributed by atoms with van der Waals surface area (Å²) in [6, 6.07) is 1.63. The molecule has 11 nitrogen and oxygen atoms in total. The zero-order valence-electron chi connectivity index (χ0n) is 19.4. The number of halogens is 1. The number of aromatic nitrogens is 5. The van der Waals surface area contributed by atoms with Crippen LogP contribution in [0, 0.1) is 19.7 Å². The van der Waals surface area contributed by atoms with Gasteiger partial charge in [0.15, 0.2) is 5.82 Å². The van der Waals surface area contributed by atoms with Crippen LogP contribution < -0.4 is 26.4 Å². The van der Waals surface area contributed by atoms with E-state index in [-0.39, 0.29) is 29.7 Å². The first kappa shape index (κ1) is 22.3. The van der Waals surface area contributed by atoms with Crippen LogP contribution in [0.2, 0.25) is 0 Å². The van der Waals surface area contributed by atoms with Gasteiger partial charge < -0.3 is 26.4 Å². The van der Waals surface area contributed by atoms with Gasteiger partial charge in [-0.15, -0.1) is 0 Å². The maximum Gasteiger partial charge on any atom is 0.241 e. The van der Waals surface area contributed by atoms with Crippen molar-refractivity contribution in [1.29, 1.82) is 0 Å². The van der Waals surface area contributed by atoms with Crippen LogP contribution >= 0.6 is 0 Å². The molecule has 12 heteroatoms. The summed E-state index contributed by atoms with van der Waals surface area (Å²) in [4.78, 5) is 24.8. The molecule has 35 heavy (non-hydrogen) atoms. The Balaban J connectivity index is 1.53. The highest BCUT2D eigenvalue weighted by Crippen LogP contribution is 2.39. The van der Waals surface area contributed by atoms with E-state index in [0.29, 0.717) is 46.9 Å². The number of hydrogen-bond acceptors (Lipinski definition) is 9. The topological polar surface area (TPSA) is 145 Å². The van der Waals surface area contributed by atoms with Gasteiger partial charge in [-0.2, -0.15) is 5.10 Å². The number of nitrogens with two attached hydrogens (primary N) is 1. The van der Waals surface area contributed by atoms with E-state index in [1.807, 2.05) is 6.92 Å². The van der Waals surface area contributed by atoms with E-state index in [4.69, 9.17) is 10.5 Å². The molecule has 5 rings (SSSR count). The fourth-order valence-electron chi connectivity index (χ4n) is 3.99. The first-order valence-corrected chi connectivity index (χ1v) is 11.0. The lowest BCUT2D eigenvalue weighted by atomic mass is 9.98. The van der Waals surface area contributed by atoms with E-state index in [1.54, 1.807) is 32.4 Å². The highest BCUT2D eigenvalue weighted by molar-refractivity contribution is 5.96. The Morgan fingerprint density at radius 3 is 2.91 bits per heavy atom. The fraction of sp³-hybridized carbons (Fsp3) is 0.261. The minimum atomic E-state index is -0.560. The van der Waals surface area contributed by atoms with Crippen LogP contribution in [0.5, 0.6) is 5.88 Å². The molecule has 4 aromatic rings. The summed E-state index contributed by atoms with van der Waals surface area (Å²) >= 11 is 0. The summed E-state index contributed by atoms with van der Waals surface area (Å²) in [6.07, 6.45) is 4.75. The van der Waals surface area contributed by atoms with Gasteiger partial charge >= 0.3 is 0 Å². The third kappa shape index (κ3) is 4.03.